The second-order valence-electron chi connectivity index (χ2n) is 4.04. The van der Waals surface area contributed by atoms with E-state index in [0.29, 0.717) is 0 Å². The number of esters is 1. The first-order valence-electron chi connectivity index (χ1n) is 6.33. The van der Waals surface area contributed by atoms with Gasteiger partial charge in [0.15, 0.2) is 0 Å². The van der Waals surface area contributed by atoms with Gasteiger partial charge in [-0.25, -0.2) is 17.6 Å². The highest BCUT2D eigenvalue weighted by Crippen LogP contribution is 2.29. The van der Waals surface area contributed by atoms with E-state index in [4.69, 9.17) is 9.47 Å². The van der Waals surface area contributed by atoms with Crippen LogP contribution in [0.2, 0.25) is 0 Å². The Morgan fingerprint density at radius 1 is 0.739 bits per heavy atom. The Labute approximate surface area is 126 Å². The van der Waals surface area contributed by atoms with E-state index in [-0.39, 0.29) is 26.4 Å². The maximum Gasteiger partial charge on any atom is 0.313 e. The molecule has 0 atom stereocenters. The summed E-state index contributed by atoms with van der Waals surface area (Å²) in [6.07, 6.45) is -0.497. The maximum absolute atomic E-state index is 13.2. The van der Waals surface area contributed by atoms with Gasteiger partial charge in [-0.3, -0.25) is 4.79 Å². The summed E-state index contributed by atoms with van der Waals surface area (Å²) in [4.78, 5) is 11.3. The lowest BCUT2D eigenvalue weighted by atomic mass is 10.2. The van der Waals surface area contributed by atoms with Gasteiger partial charge in [-0.05, 0) is 0 Å². The molecule has 0 saturated heterocycles. The zero-order valence-electron chi connectivity index (χ0n) is 11.6. The molecule has 23 heavy (non-hydrogen) atoms. The van der Waals surface area contributed by atoms with Crippen LogP contribution >= 0.6 is 0 Å². The van der Waals surface area contributed by atoms with E-state index in [1.807, 2.05) is 0 Å². The van der Waals surface area contributed by atoms with Crippen LogP contribution in [0.15, 0.2) is 0 Å². The van der Waals surface area contributed by atoms with E-state index in [0.717, 1.165) is 0 Å². The van der Waals surface area contributed by atoms with E-state index in [2.05, 4.69) is 4.74 Å². The molecule has 1 aromatic rings. The molecule has 0 saturated carbocycles. The minimum absolute atomic E-state index is 0.0236. The van der Waals surface area contributed by atoms with Crippen molar-refractivity contribution in [3.63, 3.8) is 0 Å². The summed E-state index contributed by atoms with van der Waals surface area (Å²) < 4.78 is 90.5. The van der Waals surface area contributed by atoms with Crippen LogP contribution in [0.25, 0.3) is 0 Å². The molecule has 0 fully saturated rings. The Morgan fingerprint density at radius 2 is 1.22 bits per heavy atom. The lowest BCUT2D eigenvalue weighted by Gasteiger charge is -2.09. The Hall–Kier alpha value is -1.81. The highest BCUT2D eigenvalue weighted by Gasteiger charge is 2.28. The van der Waals surface area contributed by atoms with Gasteiger partial charge in [0.05, 0.1) is 32.8 Å². The molecule has 0 aromatic heterocycles. The molecule has 130 valence electrons. The maximum atomic E-state index is 13.2. The summed E-state index contributed by atoms with van der Waals surface area (Å²) in [5.74, 6) is -14.2. The molecule has 0 N–H and O–H groups in total. The number of hydrogen-bond donors (Lipinski definition) is 0. The van der Waals surface area contributed by atoms with Crippen molar-refractivity contribution in [3.8, 4) is 5.75 Å². The number of hydrogen-bond acceptors (Lipinski definition) is 4. The van der Waals surface area contributed by atoms with E-state index in [9.17, 15) is 31.1 Å². The fraction of sp³-hybridized carbons (Fsp3) is 0.462. The van der Waals surface area contributed by atoms with E-state index in [1.54, 1.807) is 0 Å². The van der Waals surface area contributed by atoms with E-state index >= 15 is 0 Å². The van der Waals surface area contributed by atoms with Crippen LogP contribution in [0.4, 0.5) is 26.3 Å². The molecule has 1 aromatic carbocycles. The average molecular weight is 346 g/mol. The van der Waals surface area contributed by atoms with Crippen molar-refractivity contribution in [2.45, 2.75) is 6.42 Å². The fourth-order valence-corrected chi connectivity index (χ4v) is 1.37. The molecule has 0 bridgehead atoms. The summed E-state index contributed by atoms with van der Waals surface area (Å²) in [5, 5.41) is 0. The molecule has 0 spiro atoms. The van der Waals surface area contributed by atoms with Crippen molar-refractivity contribution < 1.29 is 45.3 Å². The number of rotatable bonds is 9. The van der Waals surface area contributed by atoms with E-state index < -0.39 is 53.9 Å². The number of alkyl halides is 1. The topological polar surface area (TPSA) is 44.8 Å². The highest BCUT2D eigenvalue weighted by molar-refractivity contribution is 5.72. The monoisotopic (exact) mass is 346 g/mol. The molecular formula is C13H12F6O4. The van der Waals surface area contributed by atoms with Gasteiger partial charge in [-0.1, -0.05) is 0 Å². The largest absolute Gasteiger partial charge is 0.420 e. The molecule has 0 unspecified atom stereocenters. The molecule has 0 radical (unpaired) electrons. The predicted octanol–water partition coefficient (Wildman–Crippen LogP) is 2.68. The number of carbonyl (C=O) groups excluding carboxylic acids is 1. The quantitative estimate of drug-likeness (QED) is 0.172. The van der Waals surface area contributed by atoms with Gasteiger partial charge in [0, 0.05) is 0 Å². The van der Waals surface area contributed by atoms with Crippen molar-refractivity contribution in [2.24, 2.45) is 0 Å². The third-order valence-corrected chi connectivity index (χ3v) is 2.43. The van der Waals surface area contributed by atoms with Gasteiger partial charge >= 0.3 is 5.97 Å². The van der Waals surface area contributed by atoms with Gasteiger partial charge in [-0.15, -0.1) is 0 Å². The van der Waals surface area contributed by atoms with Gasteiger partial charge in [0.25, 0.3) is 0 Å². The van der Waals surface area contributed by atoms with E-state index in [1.165, 1.54) is 0 Å². The fourth-order valence-electron chi connectivity index (χ4n) is 1.37. The number of benzene rings is 1. The first-order chi connectivity index (χ1) is 10.9. The normalized spacial score (nSPS) is 10.9. The molecule has 0 aliphatic carbocycles. The average Bonchev–Trinajstić information content (AvgIpc) is 2.54. The number of carbonyl (C=O) groups is 1. The number of halogens is 6. The van der Waals surface area contributed by atoms with Crippen molar-refractivity contribution in [1.29, 1.82) is 0 Å². The molecular weight excluding hydrogens is 334 g/mol. The Balaban J connectivity index is 2.49. The third kappa shape index (κ3) is 5.39. The standard InChI is InChI=1S/C13H12F6O4/c14-2-4-22-6-5-21-3-1-7(20)23-13-11(18)9(16)8(15)10(17)12(13)19/h1-6H2. The minimum Gasteiger partial charge on any atom is -0.420 e. The smallest absolute Gasteiger partial charge is 0.313 e. The Morgan fingerprint density at radius 3 is 1.74 bits per heavy atom. The summed E-state index contributed by atoms with van der Waals surface area (Å²) in [7, 11) is 0. The van der Waals surface area contributed by atoms with Crippen LogP contribution < -0.4 is 4.74 Å². The third-order valence-electron chi connectivity index (χ3n) is 2.43. The lowest BCUT2D eigenvalue weighted by Crippen LogP contribution is -2.16. The molecule has 1 rings (SSSR count). The van der Waals surface area contributed by atoms with Crippen molar-refractivity contribution in [3.05, 3.63) is 29.1 Å². The van der Waals surface area contributed by atoms with Crippen LogP contribution in [0.1, 0.15) is 6.42 Å². The zero-order valence-corrected chi connectivity index (χ0v) is 11.6. The van der Waals surface area contributed by atoms with Crippen molar-refractivity contribution >= 4 is 5.97 Å². The SMILES string of the molecule is O=C(CCOCCOCCF)Oc1c(F)c(F)c(F)c(F)c1F. The minimum atomic E-state index is -2.35. The zero-order chi connectivity index (χ0) is 17.4. The van der Waals surface area contributed by atoms with Gasteiger partial charge in [0.2, 0.25) is 34.8 Å². The van der Waals surface area contributed by atoms with Gasteiger partial charge in [-0.2, -0.15) is 8.78 Å². The molecule has 0 aliphatic heterocycles. The Kier molecular flexibility index (Phi) is 7.83. The summed E-state index contributed by atoms with van der Waals surface area (Å²) in [6.45, 7) is -0.917. The van der Waals surface area contributed by atoms with Crippen LogP contribution in [0.3, 0.4) is 0 Å². The highest BCUT2D eigenvalue weighted by atomic mass is 19.2. The predicted molar refractivity (Wildman–Crippen MR) is 64.1 cm³/mol. The van der Waals surface area contributed by atoms with Gasteiger partial charge in [0.1, 0.15) is 6.67 Å². The Bertz CT molecular complexity index is 523. The van der Waals surface area contributed by atoms with Crippen molar-refractivity contribution in [2.75, 3.05) is 33.1 Å². The van der Waals surface area contributed by atoms with Crippen LogP contribution in [-0.4, -0.2) is 39.1 Å². The molecule has 0 aliphatic rings. The molecule has 0 heterocycles. The first kappa shape index (κ1) is 19.2. The van der Waals surface area contributed by atoms with Crippen LogP contribution in [-0.2, 0) is 14.3 Å². The van der Waals surface area contributed by atoms with Gasteiger partial charge < -0.3 is 14.2 Å². The molecule has 10 heteroatoms. The molecule has 4 nitrogen and oxygen atoms in total. The van der Waals surface area contributed by atoms with Crippen LogP contribution in [0, 0.1) is 29.1 Å². The first-order valence-corrected chi connectivity index (χ1v) is 6.33. The molecule has 0 amide bonds. The summed E-state index contributed by atoms with van der Waals surface area (Å²) in [6, 6.07) is 0. The van der Waals surface area contributed by atoms with Crippen molar-refractivity contribution in [1.82, 2.24) is 0 Å². The summed E-state index contributed by atoms with van der Waals surface area (Å²) in [5.41, 5.74) is 0. The summed E-state index contributed by atoms with van der Waals surface area (Å²) >= 11 is 0. The lowest BCUT2D eigenvalue weighted by molar-refractivity contribution is -0.136. The van der Waals surface area contributed by atoms with Crippen LogP contribution in [0.5, 0.6) is 5.75 Å². The second kappa shape index (κ2) is 9.36. The number of ether oxygens (including phenoxy) is 3. The second-order valence-corrected chi connectivity index (χ2v) is 4.04.